The van der Waals surface area contributed by atoms with Crippen molar-refractivity contribution in [3.05, 3.63) is 82.4 Å². The van der Waals surface area contributed by atoms with Crippen molar-refractivity contribution in [3.63, 3.8) is 0 Å². The first kappa shape index (κ1) is 20.5. The predicted molar refractivity (Wildman–Crippen MR) is 116 cm³/mol. The highest BCUT2D eigenvalue weighted by Crippen LogP contribution is 2.23. The normalized spacial score (nSPS) is 16.0. The van der Waals surface area contributed by atoms with Gasteiger partial charge in [0.15, 0.2) is 0 Å². The summed E-state index contributed by atoms with van der Waals surface area (Å²) in [6.07, 6.45) is 0.773. The lowest BCUT2D eigenvalue weighted by molar-refractivity contribution is -0.384. The Balaban J connectivity index is 1.35. The molecule has 8 heteroatoms. The Bertz CT molecular complexity index is 1150. The highest BCUT2D eigenvalue weighted by molar-refractivity contribution is 7.89. The Kier molecular flexibility index (Phi) is 5.80. The molecule has 0 spiro atoms. The van der Waals surface area contributed by atoms with Crippen LogP contribution in [0.25, 0.3) is 10.8 Å². The van der Waals surface area contributed by atoms with E-state index in [1.54, 1.807) is 28.6 Å². The van der Waals surface area contributed by atoms with Crippen LogP contribution < -0.4 is 0 Å². The number of hydrogen-bond acceptors (Lipinski definition) is 5. The van der Waals surface area contributed by atoms with Gasteiger partial charge in [0.1, 0.15) is 0 Å². The van der Waals surface area contributed by atoms with E-state index in [9.17, 15) is 18.5 Å². The maximum Gasteiger partial charge on any atom is 0.269 e. The quantitative estimate of drug-likeness (QED) is 0.447. The molecule has 156 valence electrons. The topological polar surface area (TPSA) is 83.8 Å². The van der Waals surface area contributed by atoms with Gasteiger partial charge in [-0.15, -0.1) is 0 Å². The van der Waals surface area contributed by atoms with Gasteiger partial charge < -0.3 is 4.90 Å². The molecule has 0 aromatic heterocycles. The Morgan fingerprint density at radius 2 is 1.53 bits per heavy atom. The second-order valence-corrected chi connectivity index (χ2v) is 9.37. The maximum atomic E-state index is 13.1. The van der Waals surface area contributed by atoms with Crippen LogP contribution in [0.3, 0.4) is 0 Å². The van der Waals surface area contributed by atoms with Crippen LogP contribution >= 0.6 is 0 Å². The number of rotatable bonds is 6. The van der Waals surface area contributed by atoms with Crippen molar-refractivity contribution in [3.8, 4) is 0 Å². The van der Waals surface area contributed by atoms with E-state index in [4.69, 9.17) is 0 Å². The lowest BCUT2D eigenvalue weighted by Gasteiger charge is -2.34. The van der Waals surface area contributed by atoms with Crippen molar-refractivity contribution < 1.29 is 13.3 Å². The van der Waals surface area contributed by atoms with Crippen LogP contribution in [0.2, 0.25) is 0 Å². The number of nitro groups is 1. The van der Waals surface area contributed by atoms with Crippen molar-refractivity contribution in [2.45, 2.75) is 11.3 Å². The van der Waals surface area contributed by atoms with Gasteiger partial charge in [0, 0.05) is 44.9 Å². The zero-order valence-electron chi connectivity index (χ0n) is 16.5. The van der Waals surface area contributed by atoms with E-state index in [1.165, 1.54) is 12.1 Å². The molecule has 0 radical (unpaired) electrons. The third kappa shape index (κ3) is 4.35. The number of benzene rings is 3. The fourth-order valence-corrected chi connectivity index (χ4v) is 5.20. The number of sulfonamides is 1. The average Bonchev–Trinajstić information content (AvgIpc) is 2.78. The smallest absolute Gasteiger partial charge is 0.269 e. The summed E-state index contributed by atoms with van der Waals surface area (Å²) in [7, 11) is -3.51. The molecule has 3 aromatic carbocycles. The van der Waals surface area contributed by atoms with Crippen LogP contribution in [0.4, 0.5) is 5.69 Å². The predicted octanol–water partition coefficient (Wildman–Crippen LogP) is 3.30. The molecule has 0 atom stereocenters. The van der Waals surface area contributed by atoms with Gasteiger partial charge in [0.05, 0.1) is 9.82 Å². The number of nitrogens with zero attached hydrogens (tertiary/aromatic N) is 3. The minimum Gasteiger partial charge on any atom is -0.300 e. The average molecular weight is 426 g/mol. The summed E-state index contributed by atoms with van der Waals surface area (Å²) in [5.41, 5.74) is 1.12. The zero-order chi connectivity index (χ0) is 21.1. The van der Waals surface area contributed by atoms with Crippen LogP contribution in [0.1, 0.15) is 5.56 Å². The van der Waals surface area contributed by atoms with Crippen LogP contribution in [0, 0.1) is 10.1 Å². The molecule has 0 amide bonds. The Hall–Kier alpha value is -2.81. The minimum atomic E-state index is -3.51. The van der Waals surface area contributed by atoms with Crippen molar-refractivity contribution in [2.75, 3.05) is 32.7 Å². The molecule has 3 aromatic rings. The third-order valence-corrected chi connectivity index (χ3v) is 7.45. The van der Waals surface area contributed by atoms with Crippen LogP contribution in [-0.4, -0.2) is 55.3 Å². The van der Waals surface area contributed by atoms with Gasteiger partial charge in [-0.1, -0.05) is 42.5 Å². The van der Waals surface area contributed by atoms with E-state index < -0.39 is 14.9 Å². The summed E-state index contributed by atoms with van der Waals surface area (Å²) < 4.78 is 27.7. The van der Waals surface area contributed by atoms with E-state index in [1.807, 2.05) is 30.3 Å². The molecule has 1 saturated heterocycles. The fraction of sp³-hybridized carbons (Fsp3) is 0.273. The summed E-state index contributed by atoms with van der Waals surface area (Å²) in [4.78, 5) is 12.9. The van der Waals surface area contributed by atoms with Gasteiger partial charge in [-0.3, -0.25) is 10.1 Å². The molecular formula is C22H23N3O4S. The Morgan fingerprint density at radius 1 is 0.867 bits per heavy atom. The van der Waals surface area contributed by atoms with Crippen molar-refractivity contribution in [1.29, 1.82) is 0 Å². The van der Waals surface area contributed by atoms with E-state index in [0.29, 0.717) is 31.1 Å². The molecule has 1 aliphatic rings. The molecule has 1 fully saturated rings. The maximum absolute atomic E-state index is 13.1. The van der Waals surface area contributed by atoms with Gasteiger partial charge >= 0.3 is 0 Å². The first-order valence-corrected chi connectivity index (χ1v) is 11.3. The van der Waals surface area contributed by atoms with Crippen molar-refractivity contribution >= 4 is 26.5 Å². The number of hydrogen-bond donors (Lipinski definition) is 0. The molecule has 0 N–H and O–H groups in total. The molecule has 0 bridgehead atoms. The summed E-state index contributed by atoms with van der Waals surface area (Å²) in [5.74, 6) is 0. The SMILES string of the molecule is O=[N+]([O-])c1ccc(CCN2CCN(S(=O)(=O)c3ccc4ccccc4c3)CC2)cc1. The number of non-ortho nitro benzene ring substituents is 1. The molecule has 1 aliphatic heterocycles. The first-order chi connectivity index (χ1) is 14.4. The third-order valence-electron chi connectivity index (χ3n) is 5.55. The van der Waals surface area contributed by atoms with E-state index in [-0.39, 0.29) is 5.69 Å². The minimum absolute atomic E-state index is 0.0891. The molecule has 4 rings (SSSR count). The lowest BCUT2D eigenvalue weighted by atomic mass is 10.1. The Morgan fingerprint density at radius 3 is 2.20 bits per heavy atom. The second-order valence-electron chi connectivity index (χ2n) is 7.43. The first-order valence-electron chi connectivity index (χ1n) is 9.88. The highest BCUT2D eigenvalue weighted by atomic mass is 32.2. The van der Waals surface area contributed by atoms with Crippen LogP contribution in [-0.2, 0) is 16.4 Å². The summed E-state index contributed by atoms with van der Waals surface area (Å²) in [6.45, 7) is 3.03. The molecule has 7 nitrogen and oxygen atoms in total. The number of nitro benzene ring substituents is 1. The van der Waals surface area contributed by atoms with E-state index in [0.717, 1.165) is 29.3 Å². The summed E-state index contributed by atoms with van der Waals surface area (Å²) in [5, 5.41) is 12.7. The van der Waals surface area contributed by atoms with Gasteiger partial charge in [0.2, 0.25) is 10.0 Å². The molecule has 0 unspecified atom stereocenters. The Labute approximate surface area is 175 Å². The lowest BCUT2D eigenvalue weighted by Crippen LogP contribution is -2.48. The van der Waals surface area contributed by atoms with Crippen molar-refractivity contribution in [2.24, 2.45) is 0 Å². The molecule has 0 aliphatic carbocycles. The highest BCUT2D eigenvalue weighted by Gasteiger charge is 2.28. The zero-order valence-corrected chi connectivity index (χ0v) is 17.3. The summed E-state index contributed by atoms with van der Waals surface area (Å²) >= 11 is 0. The van der Waals surface area contributed by atoms with E-state index >= 15 is 0 Å². The largest absolute Gasteiger partial charge is 0.300 e. The second kappa shape index (κ2) is 8.51. The van der Waals surface area contributed by atoms with Gasteiger partial charge in [-0.25, -0.2) is 8.42 Å². The fourth-order valence-electron chi connectivity index (χ4n) is 3.74. The van der Waals surface area contributed by atoms with Crippen molar-refractivity contribution in [1.82, 2.24) is 9.21 Å². The summed E-state index contributed by atoms with van der Waals surface area (Å²) in [6, 6.07) is 19.6. The molecule has 1 heterocycles. The molecular weight excluding hydrogens is 402 g/mol. The van der Waals surface area contributed by atoms with Crippen LogP contribution in [0.5, 0.6) is 0 Å². The molecule has 30 heavy (non-hydrogen) atoms. The van der Waals surface area contributed by atoms with E-state index in [2.05, 4.69) is 4.90 Å². The standard InChI is InChI=1S/C22H23N3O4S/c26-25(27)21-8-5-18(6-9-21)11-12-23-13-15-24(16-14-23)30(28,29)22-10-7-19-3-1-2-4-20(19)17-22/h1-10,17H,11-16H2. The number of fused-ring (bicyclic) bond motifs is 1. The van der Waals surface area contributed by atoms with Crippen LogP contribution in [0.15, 0.2) is 71.6 Å². The number of piperazine rings is 1. The monoisotopic (exact) mass is 425 g/mol. The molecule has 0 saturated carbocycles. The van der Waals surface area contributed by atoms with Gasteiger partial charge in [0.25, 0.3) is 5.69 Å². The van der Waals surface area contributed by atoms with Gasteiger partial charge in [-0.2, -0.15) is 4.31 Å². The van der Waals surface area contributed by atoms with Gasteiger partial charge in [-0.05, 0) is 34.9 Å².